The van der Waals surface area contributed by atoms with Crippen molar-refractivity contribution < 1.29 is 18.7 Å². The number of fused-ring (bicyclic) bond motifs is 1. The Morgan fingerprint density at radius 3 is 3.07 bits per heavy atom. The van der Waals surface area contributed by atoms with E-state index >= 15 is 0 Å². The molecule has 0 saturated carbocycles. The molecule has 1 aromatic heterocycles. The highest BCUT2D eigenvalue weighted by Gasteiger charge is 2.17. The van der Waals surface area contributed by atoms with E-state index in [0.29, 0.717) is 30.9 Å². The molecule has 0 atom stereocenters. The minimum atomic E-state index is -0.332. The van der Waals surface area contributed by atoms with Gasteiger partial charge in [-0.2, -0.15) is 0 Å². The predicted molar refractivity (Wildman–Crippen MR) is 112 cm³/mol. The highest BCUT2D eigenvalue weighted by molar-refractivity contribution is 9.10. The van der Waals surface area contributed by atoms with Gasteiger partial charge in [0, 0.05) is 27.5 Å². The summed E-state index contributed by atoms with van der Waals surface area (Å²) in [6.45, 7) is 0.875. The zero-order valence-corrected chi connectivity index (χ0v) is 17.8. The standard InChI is InChI=1S/C21H18BrFN2O3S/c22-16-3-1-2-14(6-16)21-25-18(11-29-21)9-19(26)24-5-4-13-7-17(23)8-15-10-27-12-28-20(13)15/h1-3,6-8,11H,4-5,9-10,12H2,(H,24,26). The largest absolute Gasteiger partial charge is 0.467 e. The molecule has 4 rings (SSSR count). The van der Waals surface area contributed by atoms with Crippen molar-refractivity contribution in [2.45, 2.75) is 19.4 Å². The summed E-state index contributed by atoms with van der Waals surface area (Å²) in [5, 5.41) is 5.64. The quantitative estimate of drug-likeness (QED) is 0.569. The van der Waals surface area contributed by atoms with Crippen LogP contribution in [0.4, 0.5) is 4.39 Å². The first-order valence-electron chi connectivity index (χ1n) is 9.07. The number of carbonyl (C=O) groups excluding carboxylic acids is 1. The number of halogens is 2. The SMILES string of the molecule is O=C(Cc1csc(-c2cccc(Br)c2)n1)NCCc1cc(F)cc2c1OCOC2. The van der Waals surface area contributed by atoms with E-state index in [1.165, 1.54) is 23.5 Å². The van der Waals surface area contributed by atoms with Crippen LogP contribution in [0.15, 0.2) is 46.3 Å². The van der Waals surface area contributed by atoms with Crippen molar-refractivity contribution in [3.63, 3.8) is 0 Å². The van der Waals surface area contributed by atoms with E-state index in [1.54, 1.807) is 0 Å². The summed E-state index contributed by atoms with van der Waals surface area (Å²) in [5.74, 6) is 0.206. The molecule has 3 aromatic rings. The van der Waals surface area contributed by atoms with Crippen LogP contribution in [0.5, 0.6) is 5.75 Å². The number of hydrogen-bond donors (Lipinski definition) is 1. The summed E-state index contributed by atoms with van der Waals surface area (Å²) in [4.78, 5) is 16.8. The van der Waals surface area contributed by atoms with E-state index in [1.807, 2.05) is 29.6 Å². The Bertz CT molecular complexity index is 1040. The number of benzene rings is 2. The number of amides is 1. The molecule has 0 spiro atoms. The molecule has 150 valence electrons. The van der Waals surface area contributed by atoms with Crippen molar-refractivity contribution in [1.82, 2.24) is 10.3 Å². The second kappa shape index (κ2) is 9.02. The molecular formula is C21H18BrFN2O3S. The average molecular weight is 477 g/mol. The summed E-state index contributed by atoms with van der Waals surface area (Å²) in [5.41, 5.74) is 3.16. The molecule has 0 unspecified atom stereocenters. The van der Waals surface area contributed by atoms with Gasteiger partial charge in [-0.05, 0) is 36.2 Å². The average Bonchev–Trinajstić information content (AvgIpc) is 3.16. The Kier molecular flexibility index (Phi) is 6.22. The van der Waals surface area contributed by atoms with Gasteiger partial charge in [0.2, 0.25) is 5.91 Å². The van der Waals surface area contributed by atoms with Crippen LogP contribution in [0.3, 0.4) is 0 Å². The number of nitrogens with zero attached hydrogens (tertiary/aromatic N) is 1. The molecule has 1 aliphatic heterocycles. The van der Waals surface area contributed by atoms with Gasteiger partial charge in [-0.3, -0.25) is 4.79 Å². The van der Waals surface area contributed by atoms with Gasteiger partial charge in [0.25, 0.3) is 0 Å². The number of rotatable bonds is 6. The molecule has 1 amide bonds. The van der Waals surface area contributed by atoms with Gasteiger partial charge in [0.1, 0.15) is 16.6 Å². The molecule has 0 saturated heterocycles. The summed E-state index contributed by atoms with van der Waals surface area (Å²) < 4.78 is 25.5. The number of carbonyl (C=O) groups is 1. The number of hydrogen-bond acceptors (Lipinski definition) is 5. The lowest BCUT2D eigenvalue weighted by Gasteiger charge is -2.20. The molecule has 2 heterocycles. The van der Waals surface area contributed by atoms with Crippen LogP contribution in [0.25, 0.3) is 10.6 Å². The van der Waals surface area contributed by atoms with Gasteiger partial charge in [0.15, 0.2) is 6.79 Å². The van der Waals surface area contributed by atoms with E-state index in [9.17, 15) is 9.18 Å². The van der Waals surface area contributed by atoms with E-state index in [4.69, 9.17) is 9.47 Å². The molecule has 2 aromatic carbocycles. The third kappa shape index (κ3) is 5.01. The van der Waals surface area contributed by atoms with E-state index < -0.39 is 0 Å². The fraction of sp³-hybridized carbons (Fsp3) is 0.238. The molecule has 0 fully saturated rings. The highest BCUT2D eigenvalue weighted by atomic mass is 79.9. The third-order valence-corrected chi connectivity index (χ3v) is 5.87. The van der Waals surface area contributed by atoms with Gasteiger partial charge in [0.05, 0.1) is 18.7 Å². The smallest absolute Gasteiger partial charge is 0.226 e. The van der Waals surface area contributed by atoms with Crippen molar-refractivity contribution in [2.24, 2.45) is 0 Å². The Hall–Kier alpha value is -2.29. The van der Waals surface area contributed by atoms with Crippen LogP contribution in [-0.4, -0.2) is 24.2 Å². The zero-order valence-electron chi connectivity index (χ0n) is 15.4. The molecule has 0 aliphatic carbocycles. The van der Waals surface area contributed by atoms with Gasteiger partial charge in [-0.15, -0.1) is 11.3 Å². The van der Waals surface area contributed by atoms with Crippen molar-refractivity contribution >= 4 is 33.2 Å². The molecule has 29 heavy (non-hydrogen) atoms. The number of ether oxygens (including phenoxy) is 2. The molecular weight excluding hydrogens is 459 g/mol. The molecule has 8 heteroatoms. The van der Waals surface area contributed by atoms with Gasteiger partial charge >= 0.3 is 0 Å². The second-order valence-corrected chi connectivity index (χ2v) is 8.37. The molecule has 1 aliphatic rings. The number of thiazole rings is 1. The van der Waals surface area contributed by atoms with Gasteiger partial charge < -0.3 is 14.8 Å². The van der Waals surface area contributed by atoms with E-state index in [0.717, 1.165) is 26.3 Å². The van der Waals surface area contributed by atoms with Crippen LogP contribution >= 0.6 is 27.3 Å². The van der Waals surface area contributed by atoms with Crippen LogP contribution in [0, 0.1) is 5.82 Å². The lowest BCUT2D eigenvalue weighted by Crippen LogP contribution is -2.27. The van der Waals surface area contributed by atoms with Crippen LogP contribution in [0.2, 0.25) is 0 Å². The number of aromatic nitrogens is 1. The first-order valence-corrected chi connectivity index (χ1v) is 10.7. The van der Waals surface area contributed by atoms with Crippen LogP contribution in [-0.2, 0) is 29.0 Å². The second-order valence-electron chi connectivity index (χ2n) is 6.59. The normalized spacial score (nSPS) is 12.9. The monoisotopic (exact) mass is 476 g/mol. The van der Waals surface area contributed by atoms with E-state index in [-0.39, 0.29) is 24.9 Å². The molecule has 0 bridgehead atoms. The van der Waals surface area contributed by atoms with Gasteiger partial charge in [-0.25, -0.2) is 9.37 Å². The lowest BCUT2D eigenvalue weighted by molar-refractivity contribution is -0.120. The first-order chi connectivity index (χ1) is 14.1. The molecule has 1 N–H and O–H groups in total. The summed E-state index contributed by atoms with van der Waals surface area (Å²) in [7, 11) is 0. The minimum Gasteiger partial charge on any atom is -0.467 e. The summed E-state index contributed by atoms with van der Waals surface area (Å²) in [6, 6.07) is 10.8. The zero-order chi connectivity index (χ0) is 20.2. The number of nitrogens with one attached hydrogen (secondary N) is 1. The Balaban J connectivity index is 1.33. The first kappa shape index (κ1) is 20.0. The third-order valence-electron chi connectivity index (χ3n) is 4.43. The fourth-order valence-electron chi connectivity index (χ4n) is 3.15. The topological polar surface area (TPSA) is 60.5 Å². The molecule has 0 radical (unpaired) electrons. The Labute approximate surface area is 180 Å². The molecule has 5 nitrogen and oxygen atoms in total. The Morgan fingerprint density at radius 1 is 1.31 bits per heavy atom. The highest BCUT2D eigenvalue weighted by Crippen LogP contribution is 2.30. The van der Waals surface area contributed by atoms with Crippen LogP contribution in [0.1, 0.15) is 16.8 Å². The lowest BCUT2D eigenvalue weighted by atomic mass is 10.1. The van der Waals surface area contributed by atoms with Crippen molar-refractivity contribution in [3.8, 4) is 16.3 Å². The van der Waals surface area contributed by atoms with Crippen molar-refractivity contribution in [2.75, 3.05) is 13.3 Å². The van der Waals surface area contributed by atoms with Crippen molar-refractivity contribution in [1.29, 1.82) is 0 Å². The maximum atomic E-state index is 13.8. The maximum absolute atomic E-state index is 13.8. The van der Waals surface area contributed by atoms with Gasteiger partial charge in [-0.1, -0.05) is 28.1 Å². The maximum Gasteiger partial charge on any atom is 0.226 e. The van der Waals surface area contributed by atoms with Crippen molar-refractivity contribution in [3.05, 3.63) is 68.9 Å². The summed E-state index contributed by atoms with van der Waals surface area (Å²) >= 11 is 4.96. The Morgan fingerprint density at radius 2 is 2.21 bits per heavy atom. The fourth-order valence-corrected chi connectivity index (χ4v) is 4.36. The minimum absolute atomic E-state index is 0.120. The van der Waals surface area contributed by atoms with Crippen LogP contribution < -0.4 is 10.1 Å². The van der Waals surface area contributed by atoms with E-state index in [2.05, 4.69) is 26.2 Å². The predicted octanol–water partition coefficient (Wildman–Crippen LogP) is 4.48. The summed E-state index contributed by atoms with van der Waals surface area (Å²) in [6.07, 6.45) is 0.683.